The Morgan fingerprint density at radius 1 is 1.15 bits per heavy atom. The van der Waals surface area contributed by atoms with Gasteiger partial charge < -0.3 is 5.32 Å². The smallest absolute Gasteiger partial charge is 0.189 e. The summed E-state index contributed by atoms with van der Waals surface area (Å²) in [5.41, 5.74) is 6.02. The van der Waals surface area contributed by atoms with E-state index in [0.29, 0.717) is 10.1 Å². The highest BCUT2D eigenvalue weighted by Crippen LogP contribution is 2.19. The first-order chi connectivity index (χ1) is 9.56. The molecular formula is C15H16ClN3S. The second-order valence-corrected chi connectivity index (χ2v) is 5.24. The summed E-state index contributed by atoms with van der Waals surface area (Å²) in [4.78, 5) is 0. The average molecular weight is 306 g/mol. The predicted molar refractivity (Wildman–Crippen MR) is 90.4 cm³/mol. The van der Waals surface area contributed by atoms with E-state index in [1.807, 2.05) is 67.5 Å². The molecule has 0 fully saturated rings. The molecule has 0 saturated carbocycles. The van der Waals surface area contributed by atoms with E-state index in [0.717, 1.165) is 16.9 Å². The Morgan fingerprint density at radius 3 is 2.50 bits per heavy atom. The molecule has 0 aliphatic heterocycles. The van der Waals surface area contributed by atoms with Gasteiger partial charge in [0.1, 0.15) is 0 Å². The van der Waals surface area contributed by atoms with Crippen LogP contribution in [-0.4, -0.2) is 12.2 Å². The first kappa shape index (κ1) is 14.6. The number of nitrogens with zero attached hydrogens (tertiary/aromatic N) is 1. The van der Waals surface area contributed by atoms with E-state index in [2.05, 4.69) is 10.7 Å². The second kappa shape index (κ2) is 6.59. The lowest BCUT2D eigenvalue weighted by Gasteiger charge is -2.22. The number of para-hydroxylation sites is 1. The maximum atomic E-state index is 6.08. The highest BCUT2D eigenvalue weighted by atomic mass is 35.5. The van der Waals surface area contributed by atoms with Crippen LogP contribution in [0.1, 0.15) is 5.56 Å². The van der Waals surface area contributed by atoms with Crippen molar-refractivity contribution in [2.75, 3.05) is 17.4 Å². The maximum absolute atomic E-state index is 6.08. The van der Waals surface area contributed by atoms with Crippen molar-refractivity contribution in [1.29, 1.82) is 0 Å². The standard InChI is InChI=1S/C15H16ClN3S/c1-11-8-9-12(10-14(11)16)17-15(20)18-19(2)13-6-4-3-5-7-13/h3-10H,1-2H3,(H2,17,18,20). The predicted octanol–water partition coefficient (Wildman–Crippen LogP) is 3.99. The third-order valence-electron chi connectivity index (χ3n) is 2.84. The van der Waals surface area contributed by atoms with E-state index in [-0.39, 0.29) is 0 Å². The van der Waals surface area contributed by atoms with Gasteiger partial charge in [0, 0.05) is 17.8 Å². The van der Waals surface area contributed by atoms with Gasteiger partial charge in [-0.1, -0.05) is 35.9 Å². The molecule has 0 unspecified atom stereocenters. The van der Waals surface area contributed by atoms with E-state index >= 15 is 0 Å². The lowest BCUT2D eigenvalue weighted by atomic mass is 10.2. The fourth-order valence-corrected chi connectivity index (χ4v) is 2.13. The summed E-state index contributed by atoms with van der Waals surface area (Å²) in [5, 5.41) is 6.18. The third kappa shape index (κ3) is 3.85. The number of hydrogen-bond donors (Lipinski definition) is 2. The number of halogens is 1. The lowest BCUT2D eigenvalue weighted by Crippen LogP contribution is -2.41. The van der Waals surface area contributed by atoms with Crippen molar-refractivity contribution in [3.8, 4) is 0 Å². The zero-order valence-corrected chi connectivity index (χ0v) is 12.9. The van der Waals surface area contributed by atoms with Crippen LogP contribution >= 0.6 is 23.8 Å². The van der Waals surface area contributed by atoms with E-state index in [4.69, 9.17) is 23.8 Å². The third-order valence-corrected chi connectivity index (χ3v) is 3.44. The number of hydrogen-bond acceptors (Lipinski definition) is 2. The molecule has 0 saturated heterocycles. The lowest BCUT2D eigenvalue weighted by molar-refractivity contribution is 0.888. The van der Waals surface area contributed by atoms with E-state index in [1.54, 1.807) is 0 Å². The van der Waals surface area contributed by atoms with Crippen molar-refractivity contribution in [3.05, 3.63) is 59.1 Å². The molecule has 104 valence electrons. The average Bonchev–Trinajstić information content (AvgIpc) is 2.44. The number of rotatable bonds is 3. The quantitative estimate of drug-likeness (QED) is 0.662. The fourth-order valence-electron chi connectivity index (χ4n) is 1.70. The first-order valence-corrected chi connectivity index (χ1v) is 6.97. The van der Waals surface area contributed by atoms with Gasteiger partial charge in [-0.25, -0.2) is 0 Å². The molecule has 2 aromatic carbocycles. The number of nitrogens with one attached hydrogen (secondary N) is 2. The van der Waals surface area contributed by atoms with Crippen LogP contribution in [0.25, 0.3) is 0 Å². The second-order valence-electron chi connectivity index (χ2n) is 4.42. The molecule has 5 heteroatoms. The molecule has 0 aromatic heterocycles. The maximum Gasteiger partial charge on any atom is 0.189 e. The van der Waals surface area contributed by atoms with Crippen LogP contribution in [0.3, 0.4) is 0 Å². The van der Waals surface area contributed by atoms with Gasteiger partial charge in [0.15, 0.2) is 5.11 Å². The summed E-state index contributed by atoms with van der Waals surface area (Å²) in [6, 6.07) is 15.7. The minimum absolute atomic E-state index is 0.510. The Morgan fingerprint density at radius 2 is 1.85 bits per heavy atom. The molecule has 2 N–H and O–H groups in total. The molecule has 0 bridgehead atoms. The Labute approximate surface area is 129 Å². The topological polar surface area (TPSA) is 27.3 Å². The Balaban J connectivity index is 1.97. The zero-order chi connectivity index (χ0) is 14.5. The molecule has 0 radical (unpaired) electrons. The number of thiocarbonyl (C=S) groups is 1. The van der Waals surface area contributed by atoms with Crippen molar-refractivity contribution in [2.45, 2.75) is 6.92 Å². The van der Waals surface area contributed by atoms with Crippen LogP contribution in [0, 0.1) is 6.92 Å². The van der Waals surface area contributed by atoms with Gasteiger partial charge >= 0.3 is 0 Å². The van der Waals surface area contributed by atoms with Gasteiger partial charge in [0.2, 0.25) is 0 Å². The van der Waals surface area contributed by atoms with Gasteiger partial charge in [-0.3, -0.25) is 10.4 Å². The normalized spacial score (nSPS) is 9.95. The van der Waals surface area contributed by atoms with Crippen LogP contribution in [0.2, 0.25) is 5.02 Å². The van der Waals surface area contributed by atoms with Gasteiger partial charge in [-0.2, -0.15) is 0 Å². The van der Waals surface area contributed by atoms with Crippen LogP contribution in [-0.2, 0) is 0 Å². The van der Waals surface area contributed by atoms with E-state index in [1.165, 1.54) is 0 Å². The molecule has 2 rings (SSSR count). The molecule has 3 nitrogen and oxygen atoms in total. The van der Waals surface area contributed by atoms with Gasteiger partial charge in [0.05, 0.1) is 5.69 Å². The Kier molecular flexibility index (Phi) is 4.82. The highest BCUT2D eigenvalue weighted by molar-refractivity contribution is 7.80. The molecule has 20 heavy (non-hydrogen) atoms. The van der Waals surface area contributed by atoms with E-state index < -0.39 is 0 Å². The van der Waals surface area contributed by atoms with Crippen molar-refractivity contribution >= 4 is 40.3 Å². The highest BCUT2D eigenvalue weighted by Gasteiger charge is 2.04. The van der Waals surface area contributed by atoms with Gasteiger partial charge in [-0.15, -0.1) is 0 Å². The molecule has 0 atom stereocenters. The van der Waals surface area contributed by atoms with Crippen LogP contribution < -0.4 is 15.8 Å². The molecule has 0 heterocycles. The van der Waals surface area contributed by atoms with Gasteiger partial charge in [-0.05, 0) is 49.0 Å². The van der Waals surface area contributed by atoms with Crippen LogP contribution in [0.5, 0.6) is 0 Å². The Bertz CT molecular complexity index is 601. The largest absolute Gasteiger partial charge is 0.331 e. The molecule has 0 aliphatic rings. The number of hydrazine groups is 1. The van der Waals surface area contributed by atoms with Crippen molar-refractivity contribution in [3.63, 3.8) is 0 Å². The number of anilines is 2. The van der Waals surface area contributed by atoms with Crippen LogP contribution in [0.15, 0.2) is 48.5 Å². The van der Waals surface area contributed by atoms with Crippen molar-refractivity contribution in [2.24, 2.45) is 0 Å². The molecular weight excluding hydrogens is 290 g/mol. The molecule has 2 aromatic rings. The summed E-state index contributed by atoms with van der Waals surface area (Å²) < 4.78 is 0. The fraction of sp³-hybridized carbons (Fsp3) is 0.133. The summed E-state index contributed by atoms with van der Waals surface area (Å²) in [6.45, 7) is 1.96. The summed E-state index contributed by atoms with van der Waals surface area (Å²) in [6.07, 6.45) is 0. The molecule has 0 amide bonds. The summed E-state index contributed by atoms with van der Waals surface area (Å²) in [5.74, 6) is 0. The first-order valence-electron chi connectivity index (χ1n) is 6.19. The number of benzene rings is 2. The minimum atomic E-state index is 0.510. The van der Waals surface area contributed by atoms with Crippen molar-refractivity contribution in [1.82, 2.24) is 5.43 Å². The molecule has 0 spiro atoms. The number of aryl methyl sites for hydroxylation is 1. The van der Waals surface area contributed by atoms with E-state index in [9.17, 15) is 0 Å². The Hall–Kier alpha value is -1.78. The zero-order valence-electron chi connectivity index (χ0n) is 11.4. The SMILES string of the molecule is Cc1ccc(NC(=S)NN(C)c2ccccc2)cc1Cl. The van der Waals surface area contributed by atoms with Crippen LogP contribution in [0.4, 0.5) is 11.4 Å². The van der Waals surface area contributed by atoms with Crippen molar-refractivity contribution < 1.29 is 0 Å². The monoisotopic (exact) mass is 305 g/mol. The summed E-state index contributed by atoms with van der Waals surface area (Å²) in [7, 11) is 1.91. The molecule has 0 aliphatic carbocycles. The summed E-state index contributed by atoms with van der Waals surface area (Å²) >= 11 is 11.4. The minimum Gasteiger partial charge on any atom is -0.331 e. The van der Waals surface area contributed by atoms with Gasteiger partial charge in [0.25, 0.3) is 0 Å².